The van der Waals surface area contributed by atoms with E-state index >= 15 is 0 Å². The molecule has 0 atom stereocenters. The van der Waals surface area contributed by atoms with Crippen LogP contribution in [0.15, 0.2) is 59.2 Å². The van der Waals surface area contributed by atoms with E-state index in [4.69, 9.17) is 11.6 Å². The second-order valence-electron chi connectivity index (χ2n) is 5.35. The molecule has 0 aliphatic rings. The number of pyridine rings is 1. The zero-order valence-corrected chi connectivity index (χ0v) is 15.5. The number of hydrogen-bond acceptors (Lipinski definition) is 6. The second-order valence-corrected chi connectivity index (χ2v) is 7.98. The minimum Gasteiger partial charge on any atom is -0.356 e. The van der Waals surface area contributed by atoms with Crippen molar-refractivity contribution >= 4 is 45.5 Å². The number of anilines is 1. The lowest BCUT2D eigenvalue weighted by Gasteiger charge is -2.00. The van der Waals surface area contributed by atoms with Crippen LogP contribution in [0.1, 0.15) is 11.3 Å². The van der Waals surface area contributed by atoms with Gasteiger partial charge in [-0.2, -0.15) is 0 Å². The minimum atomic E-state index is 0.697. The van der Waals surface area contributed by atoms with Crippen LogP contribution in [0.2, 0.25) is 5.02 Å². The summed E-state index contributed by atoms with van der Waals surface area (Å²) >= 11 is 9.19. The smallest absolute Gasteiger partial charge is 0.206 e. The van der Waals surface area contributed by atoms with Gasteiger partial charge in [0.1, 0.15) is 5.65 Å². The Hall–Kier alpha value is -2.09. The van der Waals surface area contributed by atoms with E-state index in [0.717, 1.165) is 33.1 Å². The van der Waals surface area contributed by atoms with Gasteiger partial charge in [0.2, 0.25) is 5.13 Å². The van der Waals surface area contributed by atoms with E-state index in [-0.39, 0.29) is 0 Å². The Morgan fingerprint density at radius 3 is 2.84 bits per heavy atom. The van der Waals surface area contributed by atoms with E-state index in [1.54, 1.807) is 23.1 Å². The molecule has 0 fully saturated rings. The summed E-state index contributed by atoms with van der Waals surface area (Å²) in [6, 6.07) is 14.0. The van der Waals surface area contributed by atoms with Crippen molar-refractivity contribution in [3.8, 4) is 0 Å². The van der Waals surface area contributed by atoms with Crippen LogP contribution in [0.3, 0.4) is 0 Å². The van der Waals surface area contributed by atoms with Crippen molar-refractivity contribution < 1.29 is 0 Å². The van der Waals surface area contributed by atoms with Gasteiger partial charge < -0.3 is 9.72 Å². The molecule has 0 saturated carbocycles. The number of nitrogens with zero attached hydrogens (tertiary/aromatic N) is 4. The van der Waals surface area contributed by atoms with Crippen molar-refractivity contribution in [1.82, 2.24) is 19.6 Å². The standard InChI is InChI=1S/C17H14ClN5S2/c18-13-6-7-15-20-14(10-23(15)9-13)11-24-17-22-21-16(25-17)19-8-12-4-2-1-3-5-12/h1-7,9-10H,8,11H2,(H,19,21). The molecule has 126 valence electrons. The van der Waals surface area contributed by atoms with Gasteiger partial charge in [-0.1, -0.05) is 65.0 Å². The molecule has 0 saturated heterocycles. The van der Waals surface area contributed by atoms with Crippen LogP contribution in [-0.2, 0) is 12.3 Å². The van der Waals surface area contributed by atoms with Crippen LogP contribution in [0, 0.1) is 0 Å². The van der Waals surface area contributed by atoms with Crippen LogP contribution in [0.25, 0.3) is 5.65 Å². The fraction of sp³-hybridized carbons (Fsp3) is 0.118. The third-order valence-electron chi connectivity index (χ3n) is 3.50. The average molecular weight is 388 g/mol. The highest BCUT2D eigenvalue weighted by molar-refractivity contribution is 8.00. The molecule has 1 N–H and O–H groups in total. The van der Waals surface area contributed by atoms with Crippen LogP contribution in [0.5, 0.6) is 0 Å². The fourth-order valence-electron chi connectivity index (χ4n) is 2.34. The molecule has 4 aromatic rings. The summed E-state index contributed by atoms with van der Waals surface area (Å²) in [4.78, 5) is 4.58. The molecule has 1 aromatic carbocycles. The number of thioether (sulfide) groups is 1. The third kappa shape index (κ3) is 4.12. The van der Waals surface area contributed by atoms with Gasteiger partial charge in [-0.15, -0.1) is 10.2 Å². The number of imidazole rings is 1. The average Bonchev–Trinajstić information content (AvgIpc) is 3.25. The fourth-order valence-corrected chi connectivity index (χ4v) is 4.13. The maximum absolute atomic E-state index is 6.00. The molecular formula is C17H14ClN5S2. The number of rotatable bonds is 6. The van der Waals surface area contributed by atoms with Gasteiger partial charge in [-0.25, -0.2) is 4.98 Å². The van der Waals surface area contributed by atoms with Crippen molar-refractivity contribution in [2.45, 2.75) is 16.6 Å². The van der Waals surface area contributed by atoms with Gasteiger partial charge in [-0.3, -0.25) is 0 Å². The number of aromatic nitrogens is 4. The van der Waals surface area contributed by atoms with Gasteiger partial charge in [0.15, 0.2) is 4.34 Å². The van der Waals surface area contributed by atoms with Crippen LogP contribution >= 0.6 is 34.7 Å². The number of nitrogens with one attached hydrogen (secondary N) is 1. The van der Waals surface area contributed by atoms with Gasteiger partial charge in [-0.05, 0) is 17.7 Å². The summed E-state index contributed by atoms with van der Waals surface area (Å²) in [6.45, 7) is 0.743. The molecule has 3 heterocycles. The third-order valence-corrected chi connectivity index (χ3v) is 5.77. The molecule has 0 aliphatic heterocycles. The number of hydrogen-bond donors (Lipinski definition) is 1. The summed E-state index contributed by atoms with van der Waals surface area (Å²) in [5.74, 6) is 0.743. The van der Waals surface area contributed by atoms with Gasteiger partial charge >= 0.3 is 0 Å². The summed E-state index contributed by atoms with van der Waals surface area (Å²) in [6.07, 6.45) is 3.85. The van der Waals surface area contributed by atoms with Crippen LogP contribution < -0.4 is 5.32 Å². The normalized spacial score (nSPS) is 11.1. The highest BCUT2D eigenvalue weighted by Crippen LogP contribution is 2.28. The van der Waals surface area contributed by atoms with E-state index in [1.165, 1.54) is 5.56 Å². The number of benzene rings is 1. The lowest BCUT2D eigenvalue weighted by molar-refractivity contribution is 0.994. The summed E-state index contributed by atoms with van der Waals surface area (Å²) < 4.78 is 2.86. The lowest BCUT2D eigenvalue weighted by atomic mass is 10.2. The Kier molecular flexibility index (Phi) is 4.87. The SMILES string of the molecule is Clc1ccc2nc(CSc3nnc(NCc4ccccc4)s3)cn2c1. The Morgan fingerprint density at radius 2 is 1.96 bits per heavy atom. The molecule has 4 rings (SSSR count). The highest BCUT2D eigenvalue weighted by atomic mass is 35.5. The Labute approximate surface area is 158 Å². The molecule has 0 amide bonds. The predicted octanol–water partition coefficient (Wildman–Crippen LogP) is 4.74. The van der Waals surface area contributed by atoms with Crippen molar-refractivity contribution in [1.29, 1.82) is 0 Å². The summed E-state index contributed by atoms with van der Waals surface area (Å²) in [5.41, 5.74) is 3.10. The highest BCUT2D eigenvalue weighted by Gasteiger charge is 2.07. The molecule has 0 spiro atoms. The zero-order chi connectivity index (χ0) is 17.1. The van der Waals surface area contributed by atoms with E-state index in [1.807, 2.05) is 47.1 Å². The second kappa shape index (κ2) is 7.43. The molecule has 8 heteroatoms. The van der Waals surface area contributed by atoms with Gasteiger partial charge in [0.05, 0.1) is 10.7 Å². The maximum atomic E-state index is 6.00. The monoisotopic (exact) mass is 387 g/mol. The molecule has 0 aliphatic carbocycles. The van der Waals surface area contributed by atoms with Gasteiger partial charge in [0.25, 0.3) is 0 Å². The first-order chi connectivity index (χ1) is 12.3. The molecule has 0 radical (unpaired) electrons. The zero-order valence-electron chi connectivity index (χ0n) is 13.1. The molecule has 25 heavy (non-hydrogen) atoms. The number of fused-ring (bicyclic) bond motifs is 1. The van der Waals surface area contributed by atoms with Crippen LogP contribution in [-0.4, -0.2) is 19.6 Å². The van der Waals surface area contributed by atoms with Crippen molar-refractivity contribution in [3.05, 3.63) is 71.1 Å². The van der Waals surface area contributed by atoms with E-state index < -0.39 is 0 Å². The molecular weight excluding hydrogens is 374 g/mol. The molecule has 3 aromatic heterocycles. The Bertz CT molecular complexity index is 983. The Balaban J connectivity index is 1.35. The van der Waals surface area contributed by atoms with Gasteiger partial charge in [0, 0.05) is 24.7 Å². The molecule has 0 unspecified atom stereocenters. The van der Waals surface area contributed by atoms with E-state index in [2.05, 4.69) is 32.6 Å². The van der Waals surface area contributed by atoms with Crippen molar-refractivity contribution in [2.75, 3.05) is 5.32 Å². The van der Waals surface area contributed by atoms with E-state index in [0.29, 0.717) is 5.02 Å². The number of halogens is 1. The minimum absolute atomic E-state index is 0.697. The van der Waals surface area contributed by atoms with E-state index in [9.17, 15) is 0 Å². The first-order valence-electron chi connectivity index (χ1n) is 7.63. The molecule has 0 bridgehead atoms. The lowest BCUT2D eigenvalue weighted by Crippen LogP contribution is -1.98. The maximum Gasteiger partial charge on any atom is 0.206 e. The summed E-state index contributed by atoms with van der Waals surface area (Å²) in [7, 11) is 0. The molecule has 5 nitrogen and oxygen atoms in total. The van der Waals surface area contributed by atoms with Crippen molar-refractivity contribution in [2.24, 2.45) is 0 Å². The Morgan fingerprint density at radius 1 is 1.08 bits per heavy atom. The topological polar surface area (TPSA) is 55.1 Å². The first-order valence-corrected chi connectivity index (χ1v) is 9.81. The first kappa shape index (κ1) is 16.4. The quantitative estimate of drug-likeness (QED) is 0.484. The van der Waals surface area contributed by atoms with Crippen molar-refractivity contribution in [3.63, 3.8) is 0 Å². The predicted molar refractivity (Wildman–Crippen MR) is 103 cm³/mol. The van der Waals surface area contributed by atoms with Crippen LogP contribution in [0.4, 0.5) is 5.13 Å². The summed E-state index contributed by atoms with van der Waals surface area (Å²) in [5, 5.41) is 13.2. The largest absolute Gasteiger partial charge is 0.356 e.